The van der Waals surface area contributed by atoms with Gasteiger partial charge in [0.1, 0.15) is 0 Å². The standard InChI is InChI=1S/C12H16N3/c1-11(2,13)12(14-8-9-15-12)10-6-4-3-5-7-10/h3-9,14H,13H2,1-2H3. The van der Waals surface area contributed by atoms with Crippen molar-refractivity contribution in [1.29, 1.82) is 0 Å². The number of hydrogen-bond donors (Lipinski definition) is 2. The van der Waals surface area contributed by atoms with Crippen molar-refractivity contribution in [3.8, 4) is 0 Å². The molecule has 1 aromatic rings. The van der Waals surface area contributed by atoms with Crippen LogP contribution in [0.2, 0.25) is 0 Å². The lowest BCUT2D eigenvalue weighted by atomic mass is 9.83. The van der Waals surface area contributed by atoms with Crippen molar-refractivity contribution >= 4 is 0 Å². The van der Waals surface area contributed by atoms with E-state index in [1.807, 2.05) is 50.4 Å². The fraction of sp³-hybridized carbons (Fsp3) is 0.333. The van der Waals surface area contributed by atoms with Gasteiger partial charge in [-0.15, -0.1) is 0 Å². The lowest BCUT2D eigenvalue weighted by Gasteiger charge is -2.41. The van der Waals surface area contributed by atoms with Crippen LogP contribution in [0.15, 0.2) is 42.7 Å². The molecule has 3 heteroatoms. The first-order chi connectivity index (χ1) is 7.06. The summed E-state index contributed by atoms with van der Waals surface area (Å²) in [7, 11) is 0. The van der Waals surface area contributed by atoms with E-state index in [2.05, 4.69) is 10.6 Å². The van der Waals surface area contributed by atoms with E-state index in [0.29, 0.717) is 0 Å². The SMILES string of the molecule is CC(C)(N)C1(c2ccccc2)[N]C=CN1. The van der Waals surface area contributed by atoms with Crippen molar-refractivity contribution in [3.05, 3.63) is 48.3 Å². The van der Waals surface area contributed by atoms with E-state index in [4.69, 9.17) is 5.73 Å². The summed E-state index contributed by atoms with van der Waals surface area (Å²) in [6.07, 6.45) is 3.60. The van der Waals surface area contributed by atoms with Crippen LogP contribution in [0.5, 0.6) is 0 Å². The molecule has 0 bridgehead atoms. The van der Waals surface area contributed by atoms with Crippen LogP contribution in [-0.2, 0) is 5.66 Å². The maximum absolute atomic E-state index is 6.21. The van der Waals surface area contributed by atoms with E-state index in [1.54, 1.807) is 6.20 Å². The highest BCUT2D eigenvalue weighted by Crippen LogP contribution is 2.31. The Bertz CT molecular complexity index is 354. The first kappa shape index (κ1) is 10.1. The molecule has 3 N–H and O–H groups in total. The van der Waals surface area contributed by atoms with Crippen LogP contribution in [0.25, 0.3) is 0 Å². The molecule has 1 radical (unpaired) electrons. The minimum atomic E-state index is -0.533. The Hall–Kier alpha value is -1.48. The molecular weight excluding hydrogens is 186 g/mol. The molecule has 79 valence electrons. The zero-order valence-corrected chi connectivity index (χ0v) is 9.07. The van der Waals surface area contributed by atoms with Gasteiger partial charge < -0.3 is 11.1 Å². The molecule has 1 aliphatic heterocycles. The lowest BCUT2D eigenvalue weighted by Crippen LogP contribution is -2.62. The van der Waals surface area contributed by atoms with Gasteiger partial charge in [0.15, 0.2) is 5.66 Å². The zero-order chi connectivity index (χ0) is 10.9. The van der Waals surface area contributed by atoms with Gasteiger partial charge >= 0.3 is 0 Å². The topological polar surface area (TPSA) is 52.2 Å². The summed E-state index contributed by atoms with van der Waals surface area (Å²) < 4.78 is 0. The van der Waals surface area contributed by atoms with Gasteiger partial charge in [-0.3, -0.25) is 5.32 Å². The van der Waals surface area contributed by atoms with Gasteiger partial charge in [-0.2, -0.15) is 0 Å². The smallest absolute Gasteiger partial charge is 0.172 e. The highest BCUT2D eigenvalue weighted by Gasteiger charge is 2.46. The molecule has 1 aromatic carbocycles. The molecule has 0 spiro atoms. The van der Waals surface area contributed by atoms with Crippen molar-refractivity contribution < 1.29 is 0 Å². The molecule has 1 unspecified atom stereocenters. The Kier molecular flexibility index (Phi) is 2.20. The minimum absolute atomic E-state index is 0.460. The van der Waals surface area contributed by atoms with Crippen molar-refractivity contribution in [2.24, 2.45) is 5.73 Å². The molecule has 0 aromatic heterocycles. The summed E-state index contributed by atoms with van der Waals surface area (Å²) in [6, 6.07) is 10.1. The van der Waals surface area contributed by atoms with Crippen molar-refractivity contribution in [2.75, 3.05) is 0 Å². The third-order valence-electron chi connectivity index (χ3n) is 2.76. The molecule has 0 amide bonds. The number of nitrogens with one attached hydrogen (secondary N) is 1. The number of nitrogens with zero attached hydrogens (tertiary/aromatic N) is 1. The monoisotopic (exact) mass is 202 g/mol. The van der Waals surface area contributed by atoms with E-state index < -0.39 is 11.2 Å². The van der Waals surface area contributed by atoms with E-state index in [0.717, 1.165) is 5.56 Å². The Labute approximate surface area is 90.4 Å². The lowest BCUT2D eigenvalue weighted by molar-refractivity contribution is 0.202. The Balaban J connectivity index is 2.45. The van der Waals surface area contributed by atoms with E-state index >= 15 is 0 Å². The van der Waals surface area contributed by atoms with E-state index in [1.165, 1.54) is 0 Å². The normalized spacial score (nSPS) is 18.3. The summed E-state index contributed by atoms with van der Waals surface area (Å²) in [5.74, 6) is 0. The second-order valence-corrected chi connectivity index (χ2v) is 4.39. The molecule has 3 nitrogen and oxygen atoms in total. The highest BCUT2D eigenvalue weighted by atomic mass is 15.3. The van der Waals surface area contributed by atoms with Crippen molar-refractivity contribution in [1.82, 2.24) is 10.6 Å². The molecule has 15 heavy (non-hydrogen) atoms. The van der Waals surface area contributed by atoms with Gasteiger partial charge in [0.25, 0.3) is 0 Å². The molecule has 0 aliphatic carbocycles. The van der Waals surface area contributed by atoms with E-state index in [-0.39, 0.29) is 0 Å². The molecular formula is C12H16N3. The number of hydrogen-bond acceptors (Lipinski definition) is 2. The first-order valence-electron chi connectivity index (χ1n) is 5.05. The maximum atomic E-state index is 6.21. The van der Waals surface area contributed by atoms with Crippen LogP contribution in [0, 0.1) is 0 Å². The molecule has 1 atom stereocenters. The van der Waals surface area contributed by atoms with Crippen LogP contribution >= 0.6 is 0 Å². The van der Waals surface area contributed by atoms with Crippen LogP contribution < -0.4 is 16.4 Å². The second kappa shape index (κ2) is 3.28. The van der Waals surface area contributed by atoms with Crippen LogP contribution in [-0.4, -0.2) is 5.54 Å². The Morgan fingerprint density at radius 2 is 1.93 bits per heavy atom. The quantitative estimate of drug-likeness (QED) is 0.758. The maximum Gasteiger partial charge on any atom is 0.172 e. The van der Waals surface area contributed by atoms with Gasteiger partial charge in [-0.1, -0.05) is 30.3 Å². The number of nitrogens with two attached hydrogens (primary N) is 1. The van der Waals surface area contributed by atoms with Gasteiger partial charge in [0, 0.05) is 18.0 Å². The molecule has 0 saturated carbocycles. The van der Waals surface area contributed by atoms with Crippen LogP contribution in [0.4, 0.5) is 0 Å². The molecule has 0 fully saturated rings. The highest BCUT2D eigenvalue weighted by molar-refractivity contribution is 5.31. The summed E-state index contributed by atoms with van der Waals surface area (Å²) >= 11 is 0. The molecule has 1 heterocycles. The van der Waals surface area contributed by atoms with Crippen molar-refractivity contribution in [3.63, 3.8) is 0 Å². The predicted molar refractivity (Wildman–Crippen MR) is 60.8 cm³/mol. The molecule has 0 saturated heterocycles. The summed E-state index contributed by atoms with van der Waals surface area (Å²) in [5, 5.41) is 7.75. The third kappa shape index (κ3) is 1.49. The fourth-order valence-corrected chi connectivity index (χ4v) is 1.91. The first-order valence-corrected chi connectivity index (χ1v) is 5.05. The average Bonchev–Trinajstić information content (AvgIpc) is 2.68. The largest absolute Gasteiger partial charge is 0.361 e. The second-order valence-electron chi connectivity index (χ2n) is 4.39. The van der Waals surface area contributed by atoms with Gasteiger partial charge in [0.05, 0.1) is 5.54 Å². The molecule has 2 rings (SSSR count). The van der Waals surface area contributed by atoms with Gasteiger partial charge in [-0.25, -0.2) is 0 Å². The summed E-state index contributed by atoms with van der Waals surface area (Å²) in [5.41, 5.74) is 6.30. The van der Waals surface area contributed by atoms with Gasteiger partial charge in [0.2, 0.25) is 0 Å². The predicted octanol–water partition coefficient (Wildman–Crippen LogP) is 1.26. The van der Waals surface area contributed by atoms with Crippen molar-refractivity contribution in [2.45, 2.75) is 25.0 Å². The van der Waals surface area contributed by atoms with Crippen LogP contribution in [0.1, 0.15) is 19.4 Å². The zero-order valence-electron chi connectivity index (χ0n) is 9.07. The Morgan fingerprint density at radius 3 is 2.40 bits per heavy atom. The minimum Gasteiger partial charge on any atom is -0.361 e. The number of benzene rings is 1. The average molecular weight is 202 g/mol. The van der Waals surface area contributed by atoms with Gasteiger partial charge in [-0.05, 0) is 13.8 Å². The summed E-state index contributed by atoms with van der Waals surface area (Å²) in [4.78, 5) is 0. The van der Waals surface area contributed by atoms with Crippen LogP contribution in [0.3, 0.4) is 0 Å². The van der Waals surface area contributed by atoms with E-state index in [9.17, 15) is 0 Å². The molecule has 1 aliphatic rings. The third-order valence-corrected chi connectivity index (χ3v) is 2.76. The number of rotatable bonds is 2. The Morgan fingerprint density at radius 1 is 1.27 bits per heavy atom. The summed E-state index contributed by atoms with van der Waals surface area (Å²) in [6.45, 7) is 3.95. The fourth-order valence-electron chi connectivity index (χ4n) is 1.91.